The van der Waals surface area contributed by atoms with Gasteiger partial charge in [-0.1, -0.05) is 6.07 Å². The van der Waals surface area contributed by atoms with E-state index in [0.717, 1.165) is 0 Å². The van der Waals surface area contributed by atoms with Gasteiger partial charge in [-0.25, -0.2) is 0 Å². The normalized spacial score (nSPS) is 10.3. The highest BCUT2D eigenvalue weighted by Gasteiger charge is 2.05. The van der Waals surface area contributed by atoms with E-state index in [1.807, 2.05) is 0 Å². The quantitative estimate of drug-likeness (QED) is 0.428. The average Bonchev–Trinajstić information content (AvgIpc) is 2.55. The van der Waals surface area contributed by atoms with Gasteiger partial charge in [-0.2, -0.15) is 0 Å². The van der Waals surface area contributed by atoms with Gasteiger partial charge in [0.25, 0.3) is 0 Å². The molecule has 6 heteroatoms. The Morgan fingerprint density at radius 3 is 1.42 bits per heavy atom. The number of phenols is 2. The second kappa shape index (κ2) is 6.29. The minimum Gasteiger partial charge on any atom is -0.506 e. The molecule has 3 aromatic rings. The summed E-state index contributed by atoms with van der Waals surface area (Å²) in [6.07, 6.45) is 0. The van der Waals surface area contributed by atoms with Crippen LogP contribution in [0.1, 0.15) is 0 Å². The molecule has 0 atom stereocenters. The highest BCUT2D eigenvalue weighted by molar-refractivity contribution is 5.56. The Hall–Kier alpha value is -3.54. The van der Waals surface area contributed by atoms with Crippen molar-refractivity contribution < 1.29 is 19.7 Å². The summed E-state index contributed by atoms with van der Waals surface area (Å²) in [6.45, 7) is 0. The van der Waals surface area contributed by atoms with Crippen LogP contribution < -0.4 is 20.9 Å². The lowest BCUT2D eigenvalue weighted by Crippen LogP contribution is -1.90. The Morgan fingerprint density at radius 2 is 1.00 bits per heavy atom. The van der Waals surface area contributed by atoms with Gasteiger partial charge in [0.05, 0.1) is 11.4 Å². The molecule has 0 fully saturated rings. The van der Waals surface area contributed by atoms with Crippen molar-refractivity contribution in [2.75, 3.05) is 11.5 Å². The fraction of sp³-hybridized carbons (Fsp3) is 0. The van der Waals surface area contributed by atoms with Crippen molar-refractivity contribution in [3.63, 3.8) is 0 Å². The third kappa shape index (κ3) is 3.44. The number of phenolic OH excluding ortho intramolecular Hbond substituents is 2. The van der Waals surface area contributed by atoms with Crippen LogP contribution in [0.15, 0.2) is 60.7 Å². The molecule has 0 bridgehead atoms. The number of benzene rings is 3. The van der Waals surface area contributed by atoms with Crippen LogP contribution in [0.3, 0.4) is 0 Å². The molecule has 3 aromatic carbocycles. The minimum atomic E-state index is -0.0442. The lowest BCUT2D eigenvalue weighted by molar-refractivity contribution is 0.445. The first-order chi connectivity index (χ1) is 11.5. The number of hydrogen-bond acceptors (Lipinski definition) is 6. The topological polar surface area (TPSA) is 111 Å². The zero-order valence-electron chi connectivity index (χ0n) is 12.6. The van der Waals surface area contributed by atoms with Crippen LogP contribution >= 0.6 is 0 Å². The summed E-state index contributed by atoms with van der Waals surface area (Å²) in [4.78, 5) is 0. The van der Waals surface area contributed by atoms with E-state index >= 15 is 0 Å². The fourth-order valence-corrected chi connectivity index (χ4v) is 2.05. The van der Waals surface area contributed by atoms with Crippen molar-refractivity contribution in [3.05, 3.63) is 60.7 Å². The van der Waals surface area contributed by atoms with Gasteiger partial charge in [-0.05, 0) is 36.4 Å². The highest BCUT2D eigenvalue weighted by atomic mass is 16.5. The molecular weight excluding hydrogens is 308 g/mol. The van der Waals surface area contributed by atoms with Crippen molar-refractivity contribution in [2.24, 2.45) is 0 Å². The van der Waals surface area contributed by atoms with Gasteiger partial charge in [-0.15, -0.1) is 0 Å². The van der Waals surface area contributed by atoms with Crippen LogP contribution in [0.4, 0.5) is 11.4 Å². The molecule has 24 heavy (non-hydrogen) atoms. The third-order valence-corrected chi connectivity index (χ3v) is 3.28. The molecule has 6 nitrogen and oxygen atoms in total. The first-order valence-corrected chi connectivity index (χ1v) is 7.14. The number of rotatable bonds is 4. The van der Waals surface area contributed by atoms with Gasteiger partial charge in [0.1, 0.15) is 34.5 Å². The van der Waals surface area contributed by atoms with Gasteiger partial charge < -0.3 is 31.2 Å². The van der Waals surface area contributed by atoms with E-state index in [-0.39, 0.29) is 22.9 Å². The summed E-state index contributed by atoms with van der Waals surface area (Å²) in [7, 11) is 0. The monoisotopic (exact) mass is 324 g/mol. The lowest BCUT2D eigenvalue weighted by atomic mass is 10.2. The maximum absolute atomic E-state index is 9.61. The van der Waals surface area contributed by atoms with Crippen LogP contribution in [0.2, 0.25) is 0 Å². The molecular formula is C18H16N2O4. The second-order valence-corrected chi connectivity index (χ2v) is 5.12. The van der Waals surface area contributed by atoms with Gasteiger partial charge in [0.15, 0.2) is 0 Å². The smallest absolute Gasteiger partial charge is 0.142 e. The Labute approximate surface area is 138 Å². The average molecular weight is 324 g/mol. The molecule has 0 spiro atoms. The predicted octanol–water partition coefficient (Wildman–Crippen LogP) is 3.85. The molecule has 0 saturated carbocycles. The Kier molecular flexibility index (Phi) is 4.03. The van der Waals surface area contributed by atoms with Gasteiger partial charge in [0.2, 0.25) is 0 Å². The van der Waals surface area contributed by atoms with E-state index in [1.165, 1.54) is 12.1 Å². The fourth-order valence-electron chi connectivity index (χ4n) is 2.05. The molecule has 0 aromatic heterocycles. The van der Waals surface area contributed by atoms with E-state index in [4.69, 9.17) is 20.9 Å². The van der Waals surface area contributed by atoms with Crippen molar-refractivity contribution in [1.29, 1.82) is 0 Å². The van der Waals surface area contributed by atoms with Crippen molar-refractivity contribution in [1.82, 2.24) is 0 Å². The Balaban J connectivity index is 1.78. The van der Waals surface area contributed by atoms with Gasteiger partial charge in [-0.3, -0.25) is 0 Å². The van der Waals surface area contributed by atoms with E-state index in [2.05, 4.69) is 0 Å². The van der Waals surface area contributed by atoms with Crippen LogP contribution in [0.5, 0.6) is 34.5 Å². The van der Waals surface area contributed by atoms with Crippen molar-refractivity contribution in [3.8, 4) is 34.5 Å². The third-order valence-electron chi connectivity index (χ3n) is 3.28. The maximum Gasteiger partial charge on any atom is 0.142 e. The lowest BCUT2D eigenvalue weighted by Gasteiger charge is -2.10. The van der Waals surface area contributed by atoms with Crippen molar-refractivity contribution in [2.45, 2.75) is 0 Å². The molecule has 0 aliphatic rings. The summed E-state index contributed by atoms with van der Waals surface area (Å²) in [5.41, 5.74) is 11.7. The number of nitrogens with two attached hydrogens (primary N) is 2. The number of ether oxygens (including phenoxy) is 2. The van der Waals surface area contributed by atoms with E-state index in [0.29, 0.717) is 23.0 Å². The molecule has 0 unspecified atom stereocenters. The van der Waals surface area contributed by atoms with Crippen LogP contribution in [0.25, 0.3) is 0 Å². The summed E-state index contributed by atoms with van der Waals surface area (Å²) in [5.74, 6) is 1.86. The molecule has 0 heterocycles. The number of nitrogen functional groups attached to an aromatic ring is 2. The first-order valence-electron chi connectivity index (χ1n) is 7.14. The standard InChI is InChI=1S/C18H16N2O4/c19-15-6-4-13(9-17(15)21)23-11-2-1-3-12(8-11)24-14-5-7-16(20)18(22)10-14/h1-10,21-22H,19-20H2. The number of anilines is 2. The largest absolute Gasteiger partial charge is 0.506 e. The Bertz CT molecular complexity index is 812. The molecule has 6 N–H and O–H groups in total. The Morgan fingerprint density at radius 1 is 0.583 bits per heavy atom. The number of aromatic hydroxyl groups is 2. The van der Waals surface area contributed by atoms with Crippen LogP contribution in [0, 0.1) is 0 Å². The van der Waals surface area contributed by atoms with Crippen molar-refractivity contribution >= 4 is 11.4 Å². The maximum atomic E-state index is 9.61. The number of hydrogen-bond donors (Lipinski definition) is 4. The van der Waals surface area contributed by atoms with E-state index in [9.17, 15) is 10.2 Å². The second-order valence-electron chi connectivity index (χ2n) is 5.12. The molecule has 0 amide bonds. The summed E-state index contributed by atoms with van der Waals surface area (Å²) < 4.78 is 11.3. The first kappa shape index (κ1) is 15.4. The highest BCUT2D eigenvalue weighted by Crippen LogP contribution is 2.33. The molecule has 122 valence electrons. The molecule has 3 rings (SSSR count). The molecule has 0 saturated heterocycles. The van der Waals surface area contributed by atoms with Crippen LogP contribution in [-0.2, 0) is 0 Å². The summed E-state index contributed by atoms with van der Waals surface area (Å²) in [6, 6.07) is 16.2. The van der Waals surface area contributed by atoms with Crippen LogP contribution in [-0.4, -0.2) is 10.2 Å². The summed E-state index contributed by atoms with van der Waals surface area (Å²) >= 11 is 0. The molecule has 0 aliphatic heterocycles. The zero-order valence-corrected chi connectivity index (χ0v) is 12.6. The van der Waals surface area contributed by atoms with Gasteiger partial charge >= 0.3 is 0 Å². The van der Waals surface area contributed by atoms with Gasteiger partial charge in [0, 0.05) is 18.2 Å². The van der Waals surface area contributed by atoms with E-state index < -0.39 is 0 Å². The molecule has 0 aliphatic carbocycles. The molecule has 0 radical (unpaired) electrons. The SMILES string of the molecule is Nc1ccc(Oc2cccc(Oc3ccc(N)c(O)c3)c2)cc1O. The van der Waals surface area contributed by atoms with E-state index in [1.54, 1.807) is 48.5 Å². The minimum absolute atomic E-state index is 0.0442. The zero-order chi connectivity index (χ0) is 17.1. The summed E-state index contributed by atoms with van der Waals surface area (Å²) in [5, 5.41) is 19.2. The predicted molar refractivity (Wildman–Crippen MR) is 91.6 cm³/mol.